The number of sulfonamides is 1. The third-order valence-electron chi connectivity index (χ3n) is 5.71. The molecule has 0 atom stereocenters. The minimum atomic E-state index is -3.54. The molecule has 0 radical (unpaired) electrons. The van der Waals surface area contributed by atoms with E-state index in [1.807, 2.05) is 0 Å². The van der Waals surface area contributed by atoms with E-state index in [0.717, 1.165) is 49.8 Å². The van der Waals surface area contributed by atoms with Crippen molar-refractivity contribution in [3.8, 4) is 0 Å². The Balaban J connectivity index is 1.56. The van der Waals surface area contributed by atoms with Gasteiger partial charge in [0, 0.05) is 30.9 Å². The highest BCUT2D eigenvalue weighted by atomic mass is 32.2. The summed E-state index contributed by atoms with van der Waals surface area (Å²) in [4.78, 5) is 14.9. The van der Waals surface area contributed by atoms with Gasteiger partial charge in [0.05, 0.1) is 4.90 Å². The minimum absolute atomic E-state index is 0.198. The number of aryl methyl sites for hydroxylation is 1. The van der Waals surface area contributed by atoms with E-state index in [9.17, 15) is 17.6 Å². The smallest absolute Gasteiger partial charge is 0.258 e. The van der Waals surface area contributed by atoms with Crippen molar-refractivity contribution < 1.29 is 17.6 Å². The van der Waals surface area contributed by atoms with E-state index in [-0.39, 0.29) is 16.6 Å². The van der Waals surface area contributed by atoms with Crippen LogP contribution in [-0.2, 0) is 16.4 Å². The molecule has 1 amide bonds. The molecule has 2 aromatic carbocycles. The minimum Gasteiger partial charge on any atom is -0.308 e. The molecule has 2 aromatic rings. The van der Waals surface area contributed by atoms with E-state index in [2.05, 4.69) is 0 Å². The molecule has 0 unspecified atom stereocenters. The lowest BCUT2D eigenvalue weighted by Gasteiger charge is -2.29. The van der Waals surface area contributed by atoms with Crippen LogP contribution in [0, 0.1) is 5.82 Å². The largest absolute Gasteiger partial charge is 0.308 e. The molecule has 2 heterocycles. The highest BCUT2D eigenvalue weighted by Crippen LogP contribution is 2.29. The van der Waals surface area contributed by atoms with Gasteiger partial charge in [-0.05, 0) is 73.7 Å². The molecule has 154 valence electrons. The van der Waals surface area contributed by atoms with Gasteiger partial charge in [-0.15, -0.1) is 0 Å². The zero-order valence-electron chi connectivity index (χ0n) is 16.3. The Morgan fingerprint density at radius 3 is 2.24 bits per heavy atom. The first-order valence-corrected chi connectivity index (χ1v) is 11.6. The Morgan fingerprint density at radius 1 is 0.862 bits per heavy atom. The van der Waals surface area contributed by atoms with Crippen LogP contribution in [0.1, 0.15) is 48.0 Å². The monoisotopic (exact) mass is 416 g/mol. The fourth-order valence-electron chi connectivity index (χ4n) is 4.13. The number of hydrogen-bond donors (Lipinski definition) is 0. The lowest BCUT2D eigenvalue weighted by Crippen LogP contribution is -2.35. The van der Waals surface area contributed by atoms with Crippen LogP contribution >= 0.6 is 0 Å². The van der Waals surface area contributed by atoms with Crippen molar-refractivity contribution in [2.75, 3.05) is 24.5 Å². The van der Waals surface area contributed by atoms with Crippen molar-refractivity contribution in [1.82, 2.24) is 4.31 Å². The molecule has 1 fully saturated rings. The summed E-state index contributed by atoms with van der Waals surface area (Å²) >= 11 is 0. The van der Waals surface area contributed by atoms with Crippen molar-refractivity contribution in [2.45, 2.75) is 43.4 Å². The van der Waals surface area contributed by atoms with E-state index in [0.29, 0.717) is 25.2 Å². The van der Waals surface area contributed by atoms with Crippen molar-refractivity contribution in [1.29, 1.82) is 0 Å². The Kier molecular flexibility index (Phi) is 5.69. The van der Waals surface area contributed by atoms with Crippen molar-refractivity contribution in [3.05, 3.63) is 59.4 Å². The van der Waals surface area contributed by atoms with Crippen LogP contribution in [0.4, 0.5) is 10.1 Å². The molecule has 0 aromatic heterocycles. The molecule has 7 heteroatoms. The molecular formula is C22H25FN2O3S. The molecular weight excluding hydrogens is 391 g/mol. The van der Waals surface area contributed by atoms with Gasteiger partial charge in [0.2, 0.25) is 10.0 Å². The van der Waals surface area contributed by atoms with Gasteiger partial charge in [-0.1, -0.05) is 12.8 Å². The SMILES string of the molecule is O=C(c1ccc(S(=O)(=O)N2CCCCCC2)cc1)N1CCCc2cc(F)ccc21. The molecule has 29 heavy (non-hydrogen) atoms. The summed E-state index contributed by atoms with van der Waals surface area (Å²) in [6.45, 7) is 1.65. The summed E-state index contributed by atoms with van der Waals surface area (Å²) in [7, 11) is -3.54. The van der Waals surface area contributed by atoms with E-state index in [4.69, 9.17) is 0 Å². The molecule has 0 aliphatic carbocycles. The van der Waals surface area contributed by atoms with E-state index in [1.54, 1.807) is 27.4 Å². The predicted octanol–water partition coefficient (Wildman–Crippen LogP) is 3.98. The third kappa shape index (κ3) is 4.07. The number of anilines is 1. The number of rotatable bonds is 3. The summed E-state index contributed by atoms with van der Waals surface area (Å²) in [6, 6.07) is 10.7. The number of nitrogens with zero attached hydrogens (tertiary/aromatic N) is 2. The Morgan fingerprint density at radius 2 is 1.55 bits per heavy atom. The highest BCUT2D eigenvalue weighted by Gasteiger charge is 2.27. The van der Waals surface area contributed by atoms with Crippen molar-refractivity contribution in [2.24, 2.45) is 0 Å². The quantitative estimate of drug-likeness (QED) is 0.760. The first-order chi connectivity index (χ1) is 14.0. The van der Waals surface area contributed by atoms with Crippen LogP contribution in [0.15, 0.2) is 47.4 Å². The lowest BCUT2D eigenvalue weighted by molar-refractivity contribution is 0.0985. The average Bonchev–Trinajstić information content (AvgIpc) is 3.03. The number of halogens is 1. The lowest BCUT2D eigenvalue weighted by atomic mass is 10.0. The Bertz CT molecular complexity index is 997. The zero-order chi connectivity index (χ0) is 20.4. The van der Waals surface area contributed by atoms with Gasteiger partial charge >= 0.3 is 0 Å². The van der Waals surface area contributed by atoms with Crippen LogP contribution in [-0.4, -0.2) is 38.3 Å². The molecule has 2 aliphatic heterocycles. The normalized spacial score (nSPS) is 18.2. The molecule has 2 aliphatic rings. The number of carbonyl (C=O) groups excluding carboxylic acids is 1. The molecule has 0 saturated carbocycles. The predicted molar refractivity (Wildman–Crippen MR) is 110 cm³/mol. The summed E-state index contributed by atoms with van der Waals surface area (Å²) in [5.41, 5.74) is 1.98. The fraction of sp³-hybridized carbons (Fsp3) is 0.409. The summed E-state index contributed by atoms with van der Waals surface area (Å²) < 4.78 is 40.9. The number of carbonyl (C=O) groups is 1. The van der Waals surface area contributed by atoms with Crippen LogP contribution in [0.3, 0.4) is 0 Å². The molecule has 0 bridgehead atoms. The van der Waals surface area contributed by atoms with Crippen LogP contribution in [0.2, 0.25) is 0 Å². The Labute approximate surface area is 171 Å². The number of hydrogen-bond acceptors (Lipinski definition) is 3. The van der Waals surface area contributed by atoms with Gasteiger partial charge in [0.15, 0.2) is 0 Å². The van der Waals surface area contributed by atoms with E-state index in [1.165, 1.54) is 24.3 Å². The first kappa shape index (κ1) is 20.0. The second-order valence-electron chi connectivity index (χ2n) is 7.68. The van der Waals surface area contributed by atoms with Gasteiger partial charge in [-0.25, -0.2) is 12.8 Å². The van der Waals surface area contributed by atoms with E-state index < -0.39 is 10.0 Å². The molecule has 4 rings (SSSR count). The van der Waals surface area contributed by atoms with Gasteiger partial charge in [-0.3, -0.25) is 4.79 Å². The number of fused-ring (bicyclic) bond motifs is 1. The summed E-state index contributed by atoms with van der Waals surface area (Å²) in [6.07, 6.45) is 5.38. The average molecular weight is 417 g/mol. The third-order valence-corrected chi connectivity index (χ3v) is 7.62. The molecule has 0 spiro atoms. The highest BCUT2D eigenvalue weighted by molar-refractivity contribution is 7.89. The second kappa shape index (κ2) is 8.24. The summed E-state index contributed by atoms with van der Waals surface area (Å²) in [5.74, 6) is -0.502. The standard InChI is InChI=1S/C22H25FN2O3S/c23-19-9-12-21-18(16-19)6-5-15-25(21)22(26)17-7-10-20(11-8-17)29(27,28)24-13-3-1-2-4-14-24/h7-12,16H,1-6,13-15H2. The van der Waals surface area contributed by atoms with Crippen LogP contribution < -0.4 is 4.90 Å². The number of amides is 1. The van der Waals surface area contributed by atoms with E-state index >= 15 is 0 Å². The zero-order valence-corrected chi connectivity index (χ0v) is 17.1. The van der Waals surface area contributed by atoms with Gasteiger partial charge in [0.1, 0.15) is 5.82 Å². The molecule has 5 nitrogen and oxygen atoms in total. The van der Waals surface area contributed by atoms with Gasteiger partial charge in [0.25, 0.3) is 5.91 Å². The topological polar surface area (TPSA) is 57.7 Å². The van der Waals surface area contributed by atoms with Crippen LogP contribution in [0.5, 0.6) is 0 Å². The van der Waals surface area contributed by atoms with Crippen LogP contribution in [0.25, 0.3) is 0 Å². The summed E-state index contributed by atoms with van der Waals surface area (Å²) in [5, 5.41) is 0. The fourth-order valence-corrected chi connectivity index (χ4v) is 5.65. The Hall–Kier alpha value is -2.25. The second-order valence-corrected chi connectivity index (χ2v) is 9.61. The maximum absolute atomic E-state index is 13.5. The molecule has 0 N–H and O–H groups in total. The maximum Gasteiger partial charge on any atom is 0.258 e. The first-order valence-electron chi connectivity index (χ1n) is 10.2. The van der Waals surface area contributed by atoms with Crippen molar-refractivity contribution >= 4 is 21.6 Å². The maximum atomic E-state index is 13.5. The number of benzene rings is 2. The van der Waals surface area contributed by atoms with Crippen molar-refractivity contribution in [3.63, 3.8) is 0 Å². The molecule has 1 saturated heterocycles. The van der Waals surface area contributed by atoms with Gasteiger partial charge in [-0.2, -0.15) is 4.31 Å². The van der Waals surface area contributed by atoms with Gasteiger partial charge < -0.3 is 4.90 Å².